The molecule has 2 heterocycles. The first-order chi connectivity index (χ1) is 10.3. The van der Waals surface area contributed by atoms with Crippen LogP contribution in [0.2, 0.25) is 0 Å². The van der Waals surface area contributed by atoms with Gasteiger partial charge in [0.05, 0.1) is 18.5 Å². The standard InChI is InChI=1S/C16H25N3O2/c20-16(12-21-15-6-2-1-3-7-15)18-9-4-5-14(11-18)19-10-8-17-13-19/h8,10,13-15H,1-7,9,11-12H2/t14-/m0/s1. The molecule has 2 aliphatic rings. The third-order valence-corrected chi connectivity index (χ3v) is 4.69. The Hall–Kier alpha value is -1.36. The van der Waals surface area contributed by atoms with Gasteiger partial charge in [-0.25, -0.2) is 4.98 Å². The number of rotatable bonds is 4. The number of nitrogens with zero attached hydrogens (tertiary/aromatic N) is 3. The second-order valence-electron chi connectivity index (χ2n) is 6.22. The second-order valence-corrected chi connectivity index (χ2v) is 6.22. The molecule has 1 aromatic rings. The van der Waals surface area contributed by atoms with Gasteiger partial charge in [0.1, 0.15) is 6.61 Å². The molecule has 116 valence electrons. The second kappa shape index (κ2) is 7.07. The van der Waals surface area contributed by atoms with Crippen LogP contribution in [0, 0.1) is 0 Å². The minimum atomic E-state index is 0.144. The van der Waals surface area contributed by atoms with E-state index in [1.165, 1.54) is 19.3 Å². The molecule has 0 radical (unpaired) electrons. The maximum atomic E-state index is 12.3. The highest BCUT2D eigenvalue weighted by Crippen LogP contribution is 2.22. The van der Waals surface area contributed by atoms with Gasteiger partial charge in [0.15, 0.2) is 0 Å². The molecule has 0 bridgehead atoms. The lowest BCUT2D eigenvalue weighted by atomic mass is 9.98. The number of piperidine rings is 1. The summed E-state index contributed by atoms with van der Waals surface area (Å²) in [5, 5.41) is 0. The van der Waals surface area contributed by atoms with Crippen molar-refractivity contribution >= 4 is 5.91 Å². The highest BCUT2D eigenvalue weighted by molar-refractivity contribution is 5.77. The van der Waals surface area contributed by atoms with E-state index in [1.807, 2.05) is 17.4 Å². The Labute approximate surface area is 126 Å². The Morgan fingerprint density at radius 2 is 2.05 bits per heavy atom. The van der Waals surface area contributed by atoms with Gasteiger partial charge >= 0.3 is 0 Å². The molecular weight excluding hydrogens is 266 g/mol. The number of aromatic nitrogens is 2. The molecule has 1 aliphatic carbocycles. The largest absolute Gasteiger partial charge is 0.368 e. The van der Waals surface area contributed by atoms with E-state index in [-0.39, 0.29) is 12.5 Å². The third-order valence-electron chi connectivity index (χ3n) is 4.69. The van der Waals surface area contributed by atoms with Gasteiger partial charge in [-0.2, -0.15) is 0 Å². The number of ether oxygens (including phenoxy) is 1. The van der Waals surface area contributed by atoms with Crippen LogP contribution in [0.3, 0.4) is 0 Å². The van der Waals surface area contributed by atoms with Crippen LogP contribution in [0.15, 0.2) is 18.7 Å². The number of amides is 1. The predicted molar refractivity (Wildman–Crippen MR) is 79.9 cm³/mol. The van der Waals surface area contributed by atoms with Crippen molar-refractivity contribution in [2.75, 3.05) is 19.7 Å². The van der Waals surface area contributed by atoms with Crippen molar-refractivity contribution in [1.29, 1.82) is 0 Å². The maximum absolute atomic E-state index is 12.3. The Morgan fingerprint density at radius 1 is 1.19 bits per heavy atom. The van der Waals surface area contributed by atoms with Gasteiger partial charge in [0.2, 0.25) is 5.91 Å². The molecule has 5 heteroatoms. The molecule has 21 heavy (non-hydrogen) atoms. The highest BCUT2D eigenvalue weighted by atomic mass is 16.5. The summed E-state index contributed by atoms with van der Waals surface area (Å²) >= 11 is 0. The molecule has 1 amide bonds. The first-order valence-corrected chi connectivity index (χ1v) is 8.20. The lowest BCUT2D eigenvalue weighted by Gasteiger charge is -2.33. The zero-order valence-corrected chi connectivity index (χ0v) is 12.6. The van der Waals surface area contributed by atoms with E-state index in [9.17, 15) is 4.79 Å². The molecule has 2 fully saturated rings. The van der Waals surface area contributed by atoms with E-state index >= 15 is 0 Å². The number of carbonyl (C=O) groups is 1. The van der Waals surface area contributed by atoms with Crippen LogP contribution >= 0.6 is 0 Å². The monoisotopic (exact) mass is 291 g/mol. The molecular formula is C16H25N3O2. The van der Waals surface area contributed by atoms with Crippen LogP contribution in [0.5, 0.6) is 0 Å². The minimum Gasteiger partial charge on any atom is -0.368 e. The van der Waals surface area contributed by atoms with Crippen LogP contribution in [0.1, 0.15) is 51.0 Å². The maximum Gasteiger partial charge on any atom is 0.248 e. The van der Waals surface area contributed by atoms with Gasteiger partial charge in [-0.05, 0) is 25.7 Å². The van der Waals surface area contributed by atoms with Gasteiger partial charge in [-0.1, -0.05) is 19.3 Å². The van der Waals surface area contributed by atoms with Gasteiger partial charge in [-0.15, -0.1) is 0 Å². The predicted octanol–water partition coefficient (Wildman–Crippen LogP) is 2.40. The fourth-order valence-corrected chi connectivity index (χ4v) is 3.42. The molecule has 0 N–H and O–H groups in total. The molecule has 1 atom stereocenters. The summed E-state index contributed by atoms with van der Waals surface area (Å²) in [6.07, 6.45) is 14.1. The topological polar surface area (TPSA) is 47.4 Å². The van der Waals surface area contributed by atoms with Gasteiger partial charge < -0.3 is 14.2 Å². The fraction of sp³-hybridized carbons (Fsp3) is 0.750. The first kappa shape index (κ1) is 14.6. The zero-order chi connectivity index (χ0) is 14.5. The number of likely N-dealkylation sites (tertiary alicyclic amines) is 1. The summed E-state index contributed by atoms with van der Waals surface area (Å²) in [5.41, 5.74) is 0. The molecule has 1 saturated carbocycles. The molecule has 1 saturated heterocycles. The summed E-state index contributed by atoms with van der Waals surface area (Å²) in [6.45, 7) is 1.89. The van der Waals surface area contributed by atoms with E-state index in [0.717, 1.165) is 38.8 Å². The van der Waals surface area contributed by atoms with Crippen LogP contribution in [-0.4, -0.2) is 46.2 Å². The van der Waals surface area contributed by atoms with Crippen molar-refractivity contribution in [3.63, 3.8) is 0 Å². The lowest BCUT2D eigenvalue weighted by molar-refractivity contribution is -0.140. The van der Waals surface area contributed by atoms with Crippen molar-refractivity contribution in [3.8, 4) is 0 Å². The van der Waals surface area contributed by atoms with Crippen LogP contribution in [0.25, 0.3) is 0 Å². The van der Waals surface area contributed by atoms with Crippen molar-refractivity contribution < 1.29 is 9.53 Å². The summed E-state index contributed by atoms with van der Waals surface area (Å²) < 4.78 is 7.93. The summed E-state index contributed by atoms with van der Waals surface area (Å²) in [5.74, 6) is 0.144. The van der Waals surface area contributed by atoms with Crippen LogP contribution in [-0.2, 0) is 9.53 Å². The van der Waals surface area contributed by atoms with E-state index in [4.69, 9.17) is 4.74 Å². The highest BCUT2D eigenvalue weighted by Gasteiger charge is 2.25. The van der Waals surface area contributed by atoms with Gasteiger partial charge in [-0.3, -0.25) is 4.79 Å². The quantitative estimate of drug-likeness (QED) is 0.856. The zero-order valence-electron chi connectivity index (χ0n) is 12.6. The SMILES string of the molecule is O=C(COC1CCCCC1)N1CCC[C@H](n2ccnc2)C1. The normalized spacial score (nSPS) is 24.2. The molecule has 3 rings (SSSR count). The molecule has 0 unspecified atom stereocenters. The van der Waals surface area contributed by atoms with Crippen molar-refractivity contribution in [3.05, 3.63) is 18.7 Å². The van der Waals surface area contributed by atoms with Crippen molar-refractivity contribution in [1.82, 2.24) is 14.5 Å². The summed E-state index contributed by atoms with van der Waals surface area (Å²) in [4.78, 5) is 18.4. The first-order valence-electron chi connectivity index (χ1n) is 8.20. The molecule has 0 aromatic carbocycles. The third kappa shape index (κ3) is 3.84. The molecule has 1 aromatic heterocycles. The Morgan fingerprint density at radius 3 is 2.81 bits per heavy atom. The minimum absolute atomic E-state index is 0.144. The fourth-order valence-electron chi connectivity index (χ4n) is 3.42. The van der Waals surface area contributed by atoms with Crippen LogP contribution in [0.4, 0.5) is 0 Å². The Bertz CT molecular complexity index is 440. The van der Waals surface area contributed by atoms with Crippen molar-refractivity contribution in [2.24, 2.45) is 0 Å². The molecule has 0 spiro atoms. The van der Waals surface area contributed by atoms with E-state index < -0.39 is 0 Å². The van der Waals surface area contributed by atoms with E-state index in [2.05, 4.69) is 9.55 Å². The summed E-state index contributed by atoms with van der Waals surface area (Å²) in [6, 6.07) is 0.361. The Kier molecular flexibility index (Phi) is 4.91. The lowest BCUT2D eigenvalue weighted by Crippen LogP contribution is -2.42. The van der Waals surface area contributed by atoms with Crippen LogP contribution < -0.4 is 0 Å². The number of hydrogen-bond donors (Lipinski definition) is 0. The average molecular weight is 291 g/mol. The molecule has 5 nitrogen and oxygen atoms in total. The summed E-state index contributed by atoms with van der Waals surface area (Å²) in [7, 11) is 0. The Balaban J connectivity index is 1.47. The van der Waals surface area contributed by atoms with E-state index in [1.54, 1.807) is 6.20 Å². The average Bonchev–Trinajstić information content (AvgIpc) is 3.08. The van der Waals surface area contributed by atoms with E-state index in [0.29, 0.717) is 12.1 Å². The number of carbonyl (C=O) groups excluding carboxylic acids is 1. The van der Waals surface area contributed by atoms with Gasteiger partial charge in [0, 0.05) is 25.5 Å². The number of hydrogen-bond acceptors (Lipinski definition) is 3. The van der Waals surface area contributed by atoms with Crippen molar-refractivity contribution in [2.45, 2.75) is 57.1 Å². The van der Waals surface area contributed by atoms with Gasteiger partial charge in [0.25, 0.3) is 0 Å². The molecule has 1 aliphatic heterocycles. The number of imidazole rings is 1. The smallest absolute Gasteiger partial charge is 0.248 e.